The first-order valence-corrected chi connectivity index (χ1v) is 5.35. The Labute approximate surface area is 89.0 Å². The van der Waals surface area contributed by atoms with Crippen molar-refractivity contribution in [3.05, 3.63) is 41.8 Å². The molecule has 0 radical (unpaired) electrons. The fourth-order valence-corrected chi connectivity index (χ4v) is 1.72. The largest absolute Gasteiger partial charge is 0.256 e. The van der Waals surface area contributed by atoms with Crippen molar-refractivity contribution in [2.24, 2.45) is 0 Å². The number of rotatable bonds is 3. The van der Waals surface area contributed by atoms with Crippen molar-refractivity contribution in [2.45, 2.75) is 26.2 Å². The lowest BCUT2D eigenvalue weighted by molar-refractivity contribution is 0.614. The molecule has 2 aromatic rings. The van der Waals surface area contributed by atoms with Crippen LogP contribution in [0.4, 0.5) is 4.39 Å². The van der Waals surface area contributed by atoms with Crippen molar-refractivity contribution in [3.63, 3.8) is 0 Å². The van der Waals surface area contributed by atoms with Gasteiger partial charge in [0.25, 0.3) is 0 Å². The fourth-order valence-electron chi connectivity index (χ4n) is 1.72. The van der Waals surface area contributed by atoms with Gasteiger partial charge in [-0.25, -0.2) is 4.39 Å². The van der Waals surface area contributed by atoms with Gasteiger partial charge in [-0.1, -0.05) is 19.4 Å². The number of fused-ring (bicyclic) bond motifs is 1. The molecule has 2 rings (SSSR count). The number of aryl methyl sites for hydroxylation is 1. The highest BCUT2D eigenvalue weighted by Gasteiger charge is 2.06. The van der Waals surface area contributed by atoms with Gasteiger partial charge in [0, 0.05) is 11.6 Å². The van der Waals surface area contributed by atoms with Gasteiger partial charge in [-0.2, -0.15) is 0 Å². The Hall–Kier alpha value is -1.44. The molecule has 0 aliphatic rings. The summed E-state index contributed by atoms with van der Waals surface area (Å²) >= 11 is 0. The average Bonchev–Trinajstić information content (AvgIpc) is 2.29. The van der Waals surface area contributed by atoms with Gasteiger partial charge >= 0.3 is 0 Å². The maximum absolute atomic E-state index is 14.0. The van der Waals surface area contributed by atoms with Crippen LogP contribution in [-0.2, 0) is 6.42 Å². The van der Waals surface area contributed by atoms with E-state index >= 15 is 0 Å². The zero-order chi connectivity index (χ0) is 10.7. The van der Waals surface area contributed by atoms with Crippen molar-refractivity contribution in [2.75, 3.05) is 0 Å². The fraction of sp³-hybridized carbons (Fsp3) is 0.308. The van der Waals surface area contributed by atoms with Gasteiger partial charge in [-0.15, -0.1) is 0 Å². The molecule has 1 aromatic carbocycles. The molecule has 0 saturated carbocycles. The van der Waals surface area contributed by atoms with Crippen molar-refractivity contribution in [1.29, 1.82) is 0 Å². The van der Waals surface area contributed by atoms with Crippen LogP contribution in [0.25, 0.3) is 10.9 Å². The van der Waals surface area contributed by atoms with Gasteiger partial charge in [0.15, 0.2) is 0 Å². The predicted octanol–water partition coefficient (Wildman–Crippen LogP) is 3.72. The van der Waals surface area contributed by atoms with Gasteiger partial charge in [-0.3, -0.25) is 4.98 Å². The molecule has 78 valence electrons. The first kappa shape index (κ1) is 10.1. The van der Waals surface area contributed by atoms with E-state index in [1.54, 1.807) is 18.3 Å². The van der Waals surface area contributed by atoms with E-state index in [0.717, 1.165) is 30.3 Å². The lowest BCUT2D eigenvalue weighted by Crippen LogP contribution is -1.92. The van der Waals surface area contributed by atoms with Crippen molar-refractivity contribution < 1.29 is 4.39 Å². The molecule has 0 bridgehead atoms. The number of hydrogen-bond acceptors (Lipinski definition) is 1. The van der Waals surface area contributed by atoms with Crippen LogP contribution in [0, 0.1) is 5.82 Å². The SMILES string of the molecule is CCCCc1ccc2ncccc2c1F. The van der Waals surface area contributed by atoms with E-state index in [1.165, 1.54) is 0 Å². The van der Waals surface area contributed by atoms with Gasteiger partial charge in [-0.05, 0) is 36.6 Å². The highest BCUT2D eigenvalue weighted by Crippen LogP contribution is 2.20. The number of nitrogens with zero attached hydrogens (tertiary/aromatic N) is 1. The molecule has 1 nitrogen and oxygen atoms in total. The van der Waals surface area contributed by atoms with Crippen LogP contribution in [0.1, 0.15) is 25.3 Å². The van der Waals surface area contributed by atoms with E-state index in [1.807, 2.05) is 12.1 Å². The molecule has 1 aromatic heterocycles. The van der Waals surface area contributed by atoms with Crippen molar-refractivity contribution >= 4 is 10.9 Å². The minimum absolute atomic E-state index is 0.103. The third kappa shape index (κ3) is 1.99. The number of hydrogen-bond donors (Lipinski definition) is 0. The Morgan fingerprint density at radius 3 is 2.93 bits per heavy atom. The number of unbranched alkanes of at least 4 members (excludes halogenated alkanes) is 1. The summed E-state index contributed by atoms with van der Waals surface area (Å²) in [4.78, 5) is 4.12. The maximum Gasteiger partial charge on any atom is 0.135 e. The highest BCUT2D eigenvalue weighted by molar-refractivity contribution is 5.79. The lowest BCUT2D eigenvalue weighted by atomic mass is 10.0. The molecule has 2 heteroatoms. The first-order chi connectivity index (χ1) is 7.33. The third-order valence-corrected chi connectivity index (χ3v) is 2.60. The molecule has 0 unspecified atom stereocenters. The van der Waals surface area contributed by atoms with Crippen LogP contribution in [0.5, 0.6) is 0 Å². The van der Waals surface area contributed by atoms with E-state index in [2.05, 4.69) is 11.9 Å². The first-order valence-electron chi connectivity index (χ1n) is 5.35. The van der Waals surface area contributed by atoms with E-state index in [-0.39, 0.29) is 5.82 Å². The molecule has 0 atom stereocenters. The number of pyridine rings is 1. The Balaban J connectivity index is 2.45. The second-order valence-electron chi connectivity index (χ2n) is 3.71. The van der Waals surface area contributed by atoms with E-state index < -0.39 is 0 Å². The van der Waals surface area contributed by atoms with Crippen LogP contribution in [0.2, 0.25) is 0 Å². The normalized spacial score (nSPS) is 10.8. The second kappa shape index (κ2) is 4.39. The maximum atomic E-state index is 14.0. The summed E-state index contributed by atoms with van der Waals surface area (Å²) in [6.07, 6.45) is 4.62. The molecular formula is C13H14FN. The number of aromatic nitrogens is 1. The van der Waals surface area contributed by atoms with Crippen molar-refractivity contribution in [3.8, 4) is 0 Å². The Kier molecular flexibility index (Phi) is 2.95. The van der Waals surface area contributed by atoms with Crippen LogP contribution in [0.15, 0.2) is 30.5 Å². The summed E-state index contributed by atoms with van der Waals surface area (Å²) in [5, 5.41) is 0.631. The van der Waals surface area contributed by atoms with Gasteiger partial charge in [0.05, 0.1) is 5.52 Å². The summed E-state index contributed by atoms with van der Waals surface area (Å²) < 4.78 is 14.0. The minimum Gasteiger partial charge on any atom is -0.256 e. The molecule has 0 amide bonds. The molecular weight excluding hydrogens is 189 g/mol. The van der Waals surface area contributed by atoms with Crippen LogP contribution < -0.4 is 0 Å². The van der Waals surface area contributed by atoms with E-state index in [9.17, 15) is 4.39 Å². The standard InChI is InChI=1S/C13H14FN/c1-2-3-5-10-7-8-12-11(13(10)14)6-4-9-15-12/h4,6-9H,2-3,5H2,1H3. The summed E-state index contributed by atoms with van der Waals surface area (Å²) in [6, 6.07) is 7.30. The summed E-state index contributed by atoms with van der Waals surface area (Å²) in [5.41, 5.74) is 1.53. The Morgan fingerprint density at radius 1 is 1.27 bits per heavy atom. The van der Waals surface area contributed by atoms with Gasteiger partial charge in [0.1, 0.15) is 5.82 Å². The van der Waals surface area contributed by atoms with Gasteiger partial charge in [0.2, 0.25) is 0 Å². The summed E-state index contributed by atoms with van der Waals surface area (Å²) in [6.45, 7) is 2.11. The Bertz CT molecular complexity index is 465. The molecule has 0 N–H and O–H groups in total. The number of benzene rings is 1. The van der Waals surface area contributed by atoms with E-state index in [0.29, 0.717) is 5.39 Å². The Morgan fingerprint density at radius 2 is 2.13 bits per heavy atom. The highest BCUT2D eigenvalue weighted by atomic mass is 19.1. The molecule has 15 heavy (non-hydrogen) atoms. The molecule has 0 saturated heterocycles. The molecule has 1 heterocycles. The minimum atomic E-state index is -0.103. The van der Waals surface area contributed by atoms with Crippen LogP contribution in [-0.4, -0.2) is 4.98 Å². The molecule has 0 spiro atoms. The average molecular weight is 203 g/mol. The van der Waals surface area contributed by atoms with Crippen molar-refractivity contribution in [1.82, 2.24) is 4.98 Å². The molecule has 0 fully saturated rings. The summed E-state index contributed by atoms with van der Waals surface area (Å²) in [7, 11) is 0. The summed E-state index contributed by atoms with van der Waals surface area (Å²) in [5.74, 6) is -0.103. The predicted molar refractivity (Wildman–Crippen MR) is 60.3 cm³/mol. The molecule has 0 aliphatic carbocycles. The topological polar surface area (TPSA) is 12.9 Å². The zero-order valence-corrected chi connectivity index (χ0v) is 8.83. The second-order valence-corrected chi connectivity index (χ2v) is 3.71. The van der Waals surface area contributed by atoms with E-state index in [4.69, 9.17) is 0 Å². The van der Waals surface area contributed by atoms with Crippen LogP contribution in [0.3, 0.4) is 0 Å². The number of halogens is 1. The monoisotopic (exact) mass is 203 g/mol. The lowest BCUT2D eigenvalue weighted by Gasteiger charge is -2.04. The smallest absolute Gasteiger partial charge is 0.135 e. The van der Waals surface area contributed by atoms with Gasteiger partial charge < -0.3 is 0 Å². The van der Waals surface area contributed by atoms with Crippen LogP contribution >= 0.6 is 0 Å². The third-order valence-electron chi connectivity index (χ3n) is 2.60. The quantitative estimate of drug-likeness (QED) is 0.741. The zero-order valence-electron chi connectivity index (χ0n) is 8.83. The molecule has 0 aliphatic heterocycles.